The van der Waals surface area contributed by atoms with Crippen LogP contribution in [0.15, 0.2) is 23.4 Å². The number of carbonyl (C=O) groups excluding carboxylic acids is 1. The summed E-state index contributed by atoms with van der Waals surface area (Å²) in [5, 5.41) is 3.01. The van der Waals surface area contributed by atoms with E-state index < -0.39 is 38.6 Å². The molecular weight excluding hydrogens is 407 g/mol. The first kappa shape index (κ1) is 21.8. The van der Waals surface area contributed by atoms with E-state index in [1.807, 2.05) is 13.8 Å². The van der Waals surface area contributed by atoms with Gasteiger partial charge in [-0.3, -0.25) is 9.08 Å². The highest BCUT2D eigenvalue weighted by Crippen LogP contribution is 2.64. The highest BCUT2D eigenvalue weighted by molar-refractivity contribution is 7.86. The number of halogens is 3. The summed E-state index contributed by atoms with van der Waals surface area (Å²) >= 11 is 0. The van der Waals surface area contributed by atoms with Gasteiger partial charge in [0.2, 0.25) is 0 Å². The smallest absolute Gasteiger partial charge is 0.299 e. The van der Waals surface area contributed by atoms with Crippen LogP contribution in [0.1, 0.15) is 49.8 Å². The molecule has 2 saturated carbocycles. The molecule has 2 atom stereocenters. The second kappa shape index (κ2) is 6.82. The van der Waals surface area contributed by atoms with E-state index in [9.17, 15) is 26.4 Å². The van der Waals surface area contributed by atoms with E-state index in [-0.39, 0.29) is 17.3 Å². The Morgan fingerprint density at radius 1 is 1.28 bits per heavy atom. The first-order chi connectivity index (χ1) is 13.2. The maximum Gasteiger partial charge on any atom is 0.437 e. The molecule has 2 aliphatic rings. The van der Waals surface area contributed by atoms with Crippen molar-refractivity contribution in [1.29, 1.82) is 0 Å². The lowest BCUT2D eigenvalue weighted by Gasteiger charge is -2.35. The molecule has 0 radical (unpaired) electrons. The van der Waals surface area contributed by atoms with E-state index >= 15 is 0 Å². The number of carbonyl (C=O) groups is 1. The van der Waals surface area contributed by atoms with Crippen molar-refractivity contribution in [3.63, 3.8) is 0 Å². The predicted octanol–water partition coefficient (Wildman–Crippen LogP) is 4.31. The van der Waals surface area contributed by atoms with Gasteiger partial charge in [-0.05, 0) is 43.6 Å². The molecule has 160 valence electrons. The SMILES string of the molecule is Cc1ccc(C(=NOS(=O)(=O)CC23CCC(CC2=O)C3(C)C)C(F)(F)F)c(C)c1. The molecular formula is C20H24F3NO4S. The Balaban J connectivity index is 1.92. The second-order valence-corrected chi connectivity index (χ2v) is 10.3. The topological polar surface area (TPSA) is 72.8 Å². The maximum atomic E-state index is 13.5. The molecule has 1 aromatic rings. The van der Waals surface area contributed by atoms with Crippen LogP contribution in [0.4, 0.5) is 13.2 Å². The molecule has 0 aromatic heterocycles. The average molecular weight is 431 g/mol. The molecule has 9 heteroatoms. The first-order valence-electron chi connectivity index (χ1n) is 9.37. The van der Waals surface area contributed by atoms with Gasteiger partial charge in [0, 0.05) is 12.0 Å². The summed E-state index contributed by atoms with van der Waals surface area (Å²) in [4.78, 5) is 12.5. The summed E-state index contributed by atoms with van der Waals surface area (Å²) in [6, 6.07) is 4.26. The van der Waals surface area contributed by atoms with Crippen molar-refractivity contribution in [2.75, 3.05) is 5.75 Å². The molecule has 0 amide bonds. The number of fused-ring (bicyclic) bond motifs is 2. The van der Waals surface area contributed by atoms with Crippen molar-refractivity contribution in [3.05, 3.63) is 34.9 Å². The third-order valence-electron chi connectivity index (χ3n) is 6.71. The predicted molar refractivity (Wildman–Crippen MR) is 102 cm³/mol. The van der Waals surface area contributed by atoms with Crippen LogP contribution < -0.4 is 0 Å². The highest BCUT2D eigenvalue weighted by Gasteiger charge is 2.65. The normalized spacial score (nSPS) is 26.8. The summed E-state index contributed by atoms with van der Waals surface area (Å²) in [6.07, 6.45) is -3.51. The molecule has 3 rings (SSSR count). The zero-order chi connectivity index (χ0) is 21.8. The molecule has 0 spiro atoms. The van der Waals surface area contributed by atoms with Crippen molar-refractivity contribution < 1.29 is 30.7 Å². The number of benzene rings is 1. The Morgan fingerprint density at radius 2 is 1.93 bits per heavy atom. The molecule has 2 unspecified atom stereocenters. The Kier molecular flexibility index (Phi) is 5.13. The zero-order valence-corrected chi connectivity index (χ0v) is 17.6. The lowest BCUT2D eigenvalue weighted by atomic mass is 9.70. The molecule has 0 N–H and O–H groups in total. The van der Waals surface area contributed by atoms with Crippen LogP contribution in [-0.4, -0.2) is 31.8 Å². The maximum absolute atomic E-state index is 13.5. The Bertz CT molecular complexity index is 982. The van der Waals surface area contributed by atoms with Crippen LogP contribution in [0, 0.1) is 30.6 Å². The van der Waals surface area contributed by atoms with Crippen LogP contribution in [0.25, 0.3) is 0 Å². The van der Waals surface area contributed by atoms with Gasteiger partial charge < -0.3 is 0 Å². The number of oxime groups is 1. The number of Topliss-reactive ketones (excluding diaryl/α,β-unsaturated/α-hetero) is 1. The van der Waals surface area contributed by atoms with Crippen molar-refractivity contribution in [2.24, 2.45) is 21.9 Å². The van der Waals surface area contributed by atoms with Crippen LogP contribution in [-0.2, 0) is 19.2 Å². The minimum Gasteiger partial charge on any atom is -0.299 e. The highest BCUT2D eigenvalue weighted by atomic mass is 32.2. The van der Waals surface area contributed by atoms with Gasteiger partial charge in [0.05, 0.1) is 5.41 Å². The number of alkyl halides is 3. The standard InChI is InChI=1S/C20H24F3NO4S/c1-12-5-6-15(13(2)9-12)17(20(21,22)23)24-28-29(26,27)11-19-8-7-14(10-16(19)25)18(19,3)4/h5-6,9,14H,7-8,10-11H2,1-4H3. The molecule has 0 aliphatic heterocycles. The summed E-state index contributed by atoms with van der Waals surface area (Å²) < 4.78 is 70.2. The van der Waals surface area contributed by atoms with Crippen LogP contribution in [0.2, 0.25) is 0 Å². The van der Waals surface area contributed by atoms with Crippen molar-refractivity contribution in [2.45, 2.75) is 53.1 Å². The van der Waals surface area contributed by atoms with E-state index in [0.29, 0.717) is 24.8 Å². The molecule has 0 saturated heterocycles. The number of hydrogen-bond donors (Lipinski definition) is 0. The zero-order valence-electron chi connectivity index (χ0n) is 16.8. The lowest BCUT2D eigenvalue weighted by Crippen LogP contribution is -2.42. The Hall–Kier alpha value is -1.90. The van der Waals surface area contributed by atoms with Gasteiger partial charge in [-0.2, -0.15) is 21.6 Å². The number of nitrogens with zero attached hydrogens (tertiary/aromatic N) is 1. The van der Waals surface area contributed by atoms with Crippen molar-refractivity contribution >= 4 is 21.6 Å². The van der Waals surface area contributed by atoms with Crippen LogP contribution >= 0.6 is 0 Å². The van der Waals surface area contributed by atoms with Gasteiger partial charge >= 0.3 is 16.3 Å². The van der Waals surface area contributed by atoms with Gasteiger partial charge in [-0.25, -0.2) is 0 Å². The Labute approximate surface area is 168 Å². The average Bonchev–Trinajstić information content (AvgIpc) is 2.89. The fraction of sp³-hybridized carbons (Fsp3) is 0.600. The minimum absolute atomic E-state index is 0.0784. The number of hydrogen-bond acceptors (Lipinski definition) is 5. The third kappa shape index (κ3) is 3.69. The molecule has 0 heterocycles. The summed E-state index contributed by atoms with van der Waals surface area (Å²) in [7, 11) is -4.51. The number of ketones is 1. The molecule has 5 nitrogen and oxygen atoms in total. The summed E-state index contributed by atoms with van der Waals surface area (Å²) in [6.45, 7) is 6.89. The molecule has 1 aromatic carbocycles. The lowest BCUT2D eigenvalue weighted by molar-refractivity contribution is -0.128. The van der Waals surface area contributed by atoms with Gasteiger partial charge in [-0.15, -0.1) is 0 Å². The monoisotopic (exact) mass is 431 g/mol. The summed E-state index contributed by atoms with van der Waals surface area (Å²) in [5.41, 5.74) is -2.30. The second-order valence-electron chi connectivity index (χ2n) is 8.70. The van der Waals surface area contributed by atoms with E-state index in [4.69, 9.17) is 0 Å². The number of aryl methyl sites for hydroxylation is 2. The van der Waals surface area contributed by atoms with E-state index in [2.05, 4.69) is 9.44 Å². The first-order valence-corrected chi connectivity index (χ1v) is 10.9. The number of rotatable bonds is 5. The molecule has 2 fully saturated rings. The van der Waals surface area contributed by atoms with E-state index in [0.717, 1.165) is 5.56 Å². The fourth-order valence-electron chi connectivity index (χ4n) is 4.86. The Morgan fingerprint density at radius 3 is 2.41 bits per heavy atom. The van der Waals surface area contributed by atoms with Gasteiger partial charge in [0.15, 0.2) is 5.71 Å². The van der Waals surface area contributed by atoms with Gasteiger partial charge in [-0.1, -0.05) is 42.8 Å². The van der Waals surface area contributed by atoms with Crippen molar-refractivity contribution in [3.8, 4) is 0 Å². The largest absolute Gasteiger partial charge is 0.437 e. The molecule has 29 heavy (non-hydrogen) atoms. The third-order valence-corrected chi connectivity index (χ3v) is 7.86. The van der Waals surface area contributed by atoms with Gasteiger partial charge in [0.25, 0.3) is 0 Å². The van der Waals surface area contributed by atoms with Crippen LogP contribution in [0.3, 0.4) is 0 Å². The quantitative estimate of drug-likeness (QED) is 0.514. The van der Waals surface area contributed by atoms with E-state index in [1.165, 1.54) is 19.1 Å². The summed E-state index contributed by atoms with van der Waals surface area (Å²) in [5.74, 6) is -0.751. The van der Waals surface area contributed by atoms with Crippen molar-refractivity contribution in [1.82, 2.24) is 0 Å². The molecule has 2 aliphatic carbocycles. The van der Waals surface area contributed by atoms with Crippen LogP contribution in [0.5, 0.6) is 0 Å². The van der Waals surface area contributed by atoms with E-state index in [1.54, 1.807) is 13.0 Å². The minimum atomic E-state index is -4.91. The van der Waals surface area contributed by atoms with Gasteiger partial charge in [0.1, 0.15) is 11.5 Å². The fourth-order valence-corrected chi connectivity index (χ4v) is 6.38. The molecule has 2 bridgehead atoms.